The summed E-state index contributed by atoms with van der Waals surface area (Å²) in [6, 6.07) is 46.8. The molecule has 2 radical (unpaired) electrons. The number of hydrogen-bond acceptors (Lipinski definition) is 0. The van der Waals surface area contributed by atoms with E-state index in [-0.39, 0.29) is 0 Å². The molecule has 8 rings (SSSR count). The van der Waals surface area contributed by atoms with Crippen LogP contribution in [-0.2, 0) is 33.7 Å². The van der Waals surface area contributed by atoms with Gasteiger partial charge in [0.1, 0.15) is 0 Å². The zero-order valence-electron chi connectivity index (χ0n) is 43.4. The molecule has 0 saturated carbocycles. The first kappa shape index (κ1) is 55.2. The summed E-state index contributed by atoms with van der Waals surface area (Å²) in [5.74, 6) is 0. The molecular weight excluding hydrogens is 959 g/mol. The molecule has 354 valence electrons. The van der Waals surface area contributed by atoms with E-state index in [4.69, 9.17) is 17.0 Å². The molecule has 4 heteroatoms. The fourth-order valence-corrected chi connectivity index (χ4v) is 10.0. The Labute approximate surface area is 433 Å². The Bertz CT molecular complexity index is 2400. The van der Waals surface area contributed by atoms with E-state index < -0.39 is 20.8 Å². The second-order valence-electron chi connectivity index (χ2n) is 19.4. The molecule has 0 aromatic heterocycles. The van der Waals surface area contributed by atoms with Crippen LogP contribution < -0.4 is 0 Å². The Balaban J connectivity index is 0.000000228. The number of unbranched alkanes of at least 4 members (excludes halogenated alkanes) is 6. The van der Waals surface area contributed by atoms with E-state index in [0.29, 0.717) is 0 Å². The molecule has 0 heterocycles. The molecule has 0 aliphatic carbocycles. The molecule has 0 aliphatic rings. The zero-order valence-corrected chi connectivity index (χ0v) is 48.3. The quantitative estimate of drug-likeness (QED) is 0.0578. The van der Waals surface area contributed by atoms with Crippen molar-refractivity contribution in [2.24, 2.45) is 0 Å². The van der Waals surface area contributed by atoms with Gasteiger partial charge in [-0.15, -0.1) is 44.8 Å². The molecule has 8 aromatic rings. The van der Waals surface area contributed by atoms with Crippen LogP contribution in [0.15, 0.2) is 121 Å². The Morgan fingerprint density at radius 2 is 0.632 bits per heavy atom. The van der Waals surface area contributed by atoms with Gasteiger partial charge < -0.3 is 0 Å². The summed E-state index contributed by atoms with van der Waals surface area (Å²) in [5, 5.41) is 5.58. The van der Waals surface area contributed by atoms with E-state index in [1.807, 2.05) is 0 Å². The van der Waals surface area contributed by atoms with Crippen LogP contribution in [0.4, 0.5) is 0 Å². The maximum absolute atomic E-state index is 4.93. The third-order valence-electron chi connectivity index (χ3n) is 12.7. The normalized spacial score (nSPS) is 10.8. The first-order chi connectivity index (χ1) is 32.7. The zero-order chi connectivity index (χ0) is 49.3. The van der Waals surface area contributed by atoms with Crippen LogP contribution >= 0.6 is 17.0 Å². The first-order valence-corrected chi connectivity index (χ1v) is 33.4. The van der Waals surface area contributed by atoms with Crippen LogP contribution in [0.5, 0.6) is 0 Å². The third-order valence-corrected chi connectivity index (χ3v) is 12.7. The Morgan fingerprint density at radius 3 is 0.897 bits per heavy atom. The SMILES string of the molecule is CCCCCCc1cc2c(-c3cc(C)cc(C)c3)ccc(-c3cc(C)cc(C)c3)c2[cH-]1.CCCCCCc1cc2c(-c3cc(C)cc(C)c3)ccc(-c3cc(C)cc(C)c3)c2[cH-]1.C[Si]C.[Cl][Zr+2][Cl]. The van der Waals surface area contributed by atoms with Gasteiger partial charge in [-0.2, -0.15) is 12.1 Å². The molecule has 8 aromatic carbocycles. The van der Waals surface area contributed by atoms with E-state index in [1.165, 1.54) is 186 Å². The van der Waals surface area contributed by atoms with E-state index >= 15 is 0 Å². The Hall–Kier alpha value is -3.78. The molecule has 0 atom stereocenters. The van der Waals surface area contributed by atoms with Crippen LogP contribution in [0.2, 0.25) is 13.1 Å². The predicted octanol–water partition coefficient (Wildman–Crippen LogP) is 20.7. The van der Waals surface area contributed by atoms with E-state index in [1.54, 1.807) is 0 Å². The van der Waals surface area contributed by atoms with Crippen molar-refractivity contribution < 1.29 is 20.8 Å². The summed E-state index contributed by atoms with van der Waals surface area (Å²) in [4.78, 5) is 0. The van der Waals surface area contributed by atoms with Gasteiger partial charge in [-0.25, -0.2) is 0 Å². The van der Waals surface area contributed by atoms with Gasteiger partial charge in [0, 0.05) is 9.52 Å². The van der Waals surface area contributed by atoms with Crippen molar-refractivity contribution in [1.82, 2.24) is 0 Å². The van der Waals surface area contributed by atoms with Gasteiger partial charge in [0.25, 0.3) is 0 Å². The maximum atomic E-state index is 4.93. The van der Waals surface area contributed by atoms with Crippen LogP contribution in [0.3, 0.4) is 0 Å². The van der Waals surface area contributed by atoms with Gasteiger partial charge in [-0.1, -0.05) is 253 Å². The van der Waals surface area contributed by atoms with Crippen LogP contribution in [0.1, 0.15) is 121 Å². The van der Waals surface area contributed by atoms with Crippen molar-refractivity contribution in [2.45, 2.75) is 147 Å². The molecule has 0 fully saturated rings. The number of rotatable bonds is 14. The van der Waals surface area contributed by atoms with Crippen molar-refractivity contribution in [3.63, 3.8) is 0 Å². The van der Waals surface area contributed by atoms with Gasteiger partial charge in [0.2, 0.25) is 0 Å². The first-order valence-electron chi connectivity index (χ1n) is 25.1. The monoisotopic (exact) mass is 1030 g/mol. The molecule has 0 N–H and O–H groups in total. The van der Waals surface area contributed by atoms with Crippen molar-refractivity contribution in [3.05, 3.63) is 177 Å². The molecule has 0 unspecified atom stereocenters. The van der Waals surface area contributed by atoms with E-state index in [0.717, 1.165) is 9.52 Å². The second-order valence-corrected chi connectivity index (χ2v) is 24.1. The molecule has 0 amide bonds. The van der Waals surface area contributed by atoms with Crippen LogP contribution in [0.25, 0.3) is 66.1 Å². The minimum atomic E-state index is -0.826. The van der Waals surface area contributed by atoms with Crippen LogP contribution in [-0.4, -0.2) is 9.52 Å². The molecule has 0 bridgehead atoms. The van der Waals surface area contributed by atoms with E-state index in [9.17, 15) is 0 Å². The third kappa shape index (κ3) is 15.6. The summed E-state index contributed by atoms with van der Waals surface area (Å²) in [6.07, 6.45) is 12.8. The topological polar surface area (TPSA) is 0 Å². The summed E-state index contributed by atoms with van der Waals surface area (Å²) in [6.45, 7) is 26.4. The standard InChI is InChI=1S/2C31H35.C2H6Si.2ClH.Zr/c2*1-6-7-8-9-10-25-19-30-28(26-15-21(2)13-22(3)16-26)11-12-29(31(30)20-25)27-17-23(4)14-24(5)18-27;1-3-2;;;/h2*11-20H,6-10H2,1-5H3;1-2H3;2*1H;/q2*-1;;;;+4/p-2. The molecule has 0 aliphatic heterocycles. The predicted molar refractivity (Wildman–Crippen MR) is 304 cm³/mol. The average Bonchev–Trinajstić information content (AvgIpc) is 3.90. The summed E-state index contributed by atoms with van der Waals surface area (Å²) in [5.41, 5.74) is 24.3. The van der Waals surface area contributed by atoms with E-state index in [2.05, 4.69) is 204 Å². The van der Waals surface area contributed by atoms with Crippen molar-refractivity contribution >= 4 is 48.1 Å². The van der Waals surface area contributed by atoms with Gasteiger partial charge in [0.05, 0.1) is 0 Å². The summed E-state index contributed by atoms with van der Waals surface area (Å²) < 4.78 is 0. The van der Waals surface area contributed by atoms with Crippen molar-refractivity contribution in [2.75, 3.05) is 0 Å². The minimum absolute atomic E-state index is 0.826. The fourth-order valence-electron chi connectivity index (χ4n) is 10.0. The van der Waals surface area contributed by atoms with Gasteiger partial charge >= 0.3 is 37.9 Å². The number of halogens is 2. The number of benzene rings is 6. The molecule has 0 saturated heterocycles. The molecular formula is C64H76Cl2SiZr. The summed E-state index contributed by atoms with van der Waals surface area (Å²) >= 11 is -0.826. The van der Waals surface area contributed by atoms with Crippen molar-refractivity contribution in [1.29, 1.82) is 0 Å². The van der Waals surface area contributed by atoms with Gasteiger partial charge in [-0.3, -0.25) is 0 Å². The Kier molecular flexibility index (Phi) is 22.4. The number of aryl methyl sites for hydroxylation is 10. The molecule has 0 nitrogen and oxygen atoms in total. The number of hydrogen-bond donors (Lipinski definition) is 0. The van der Waals surface area contributed by atoms with Crippen molar-refractivity contribution in [3.8, 4) is 44.5 Å². The van der Waals surface area contributed by atoms with Gasteiger partial charge in [0.15, 0.2) is 0 Å². The molecule has 68 heavy (non-hydrogen) atoms. The summed E-state index contributed by atoms with van der Waals surface area (Å²) in [7, 11) is 11.0. The number of fused-ring (bicyclic) bond motifs is 2. The van der Waals surface area contributed by atoms with Gasteiger partial charge in [-0.05, 0) is 79.4 Å². The second kappa shape index (κ2) is 27.6. The molecule has 0 spiro atoms. The fraction of sp³-hybridized carbons (Fsp3) is 0.344. The average molecular weight is 1040 g/mol. The Morgan fingerprint density at radius 1 is 0.382 bits per heavy atom. The van der Waals surface area contributed by atoms with Crippen LogP contribution in [0, 0.1) is 55.4 Å².